The Morgan fingerprint density at radius 2 is 2.00 bits per heavy atom. The number of hydrogen-bond donors (Lipinski definition) is 2. The molecule has 3 nitrogen and oxygen atoms in total. The summed E-state index contributed by atoms with van der Waals surface area (Å²) in [5.74, 6) is -1.02. The second kappa shape index (κ2) is 4.11. The van der Waals surface area contributed by atoms with Crippen LogP contribution < -0.4 is 5.32 Å². The fraction of sp³-hybridized carbons (Fsp3) is 0.364. The molecule has 0 aliphatic rings. The van der Waals surface area contributed by atoms with Crippen LogP contribution in [0.3, 0.4) is 0 Å². The highest BCUT2D eigenvalue weighted by atomic mass is 35.5. The van der Waals surface area contributed by atoms with Gasteiger partial charge in [0.25, 0.3) is 0 Å². The molecule has 0 heterocycles. The molecular weight excluding hydrogens is 214 g/mol. The maximum absolute atomic E-state index is 10.8. The molecule has 1 aromatic rings. The van der Waals surface area contributed by atoms with E-state index >= 15 is 0 Å². The normalized spacial score (nSPS) is 11.2. The van der Waals surface area contributed by atoms with E-state index in [0.717, 1.165) is 0 Å². The van der Waals surface area contributed by atoms with Gasteiger partial charge in [0.1, 0.15) is 0 Å². The lowest BCUT2D eigenvalue weighted by Gasteiger charge is -2.23. The van der Waals surface area contributed by atoms with Crippen LogP contribution >= 0.6 is 11.6 Å². The molecule has 0 saturated carbocycles. The van der Waals surface area contributed by atoms with E-state index in [0.29, 0.717) is 5.69 Å². The Morgan fingerprint density at radius 1 is 1.40 bits per heavy atom. The maximum Gasteiger partial charge on any atom is 0.337 e. The van der Waals surface area contributed by atoms with E-state index < -0.39 is 5.97 Å². The van der Waals surface area contributed by atoms with Gasteiger partial charge in [-0.15, -0.1) is 0 Å². The smallest absolute Gasteiger partial charge is 0.337 e. The number of rotatable bonds is 2. The number of carbonyl (C=O) groups is 1. The predicted molar refractivity (Wildman–Crippen MR) is 61.8 cm³/mol. The highest BCUT2D eigenvalue weighted by molar-refractivity contribution is 6.36. The lowest BCUT2D eigenvalue weighted by atomic mass is 10.1. The first-order chi connectivity index (χ1) is 6.81. The summed E-state index contributed by atoms with van der Waals surface area (Å²) in [6, 6.07) is 4.92. The summed E-state index contributed by atoms with van der Waals surface area (Å²) < 4.78 is 0. The van der Waals surface area contributed by atoms with Crippen LogP contribution in [0.15, 0.2) is 18.2 Å². The molecule has 0 fully saturated rings. The van der Waals surface area contributed by atoms with E-state index in [1.165, 1.54) is 6.07 Å². The minimum Gasteiger partial charge on any atom is -0.478 e. The fourth-order valence-electron chi connectivity index (χ4n) is 1.20. The van der Waals surface area contributed by atoms with Crippen LogP contribution in [-0.4, -0.2) is 16.6 Å². The molecule has 0 aliphatic heterocycles. The molecule has 0 bridgehead atoms. The van der Waals surface area contributed by atoms with Gasteiger partial charge in [-0.2, -0.15) is 0 Å². The second-order valence-electron chi connectivity index (χ2n) is 4.35. The first-order valence-corrected chi connectivity index (χ1v) is 4.99. The van der Waals surface area contributed by atoms with E-state index in [2.05, 4.69) is 5.32 Å². The maximum atomic E-state index is 10.8. The van der Waals surface area contributed by atoms with Crippen molar-refractivity contribution in [1.82, 2.24) is 0 Å². The van der Waals surface area contributed by atoms with Gasteiger partial charge in [0.15, 0.2) is 0 Å². The third-order valence-corrected chi connectivity index (χ3v) is 2.15. The zero-order valence-electron chi connectivity index (χ0n) is 8.97. The molecule has 1 aromatic carbocycles. The molecule has 15 heavy (non-hydrogen) atoms. The fourth-order valence-corrected chi connectivity index (χ4v) is 1.45. The van der Waals surface area contributed by atoms with Crippen LogP contribution in [-0.2, 0) is 0 Å². The summed E-state index contributed by atoms with van der Waals surface area (Å²) in [6.07, 6.45) is 0. The zero-order chi connectivity index (χ0) is 11.6. The average molecular weight is 228 g/mol. The van der Waals surface area contributed by atoms with Crippen LogP contribution in [0.2, 0.25) is 5.02 Å². The van der Waals surface area contributed by atoms with Gasteiger partial charge >= 0.3 is 5.97 Å². The van der Waals surface area contributed by atoms with Crippen molar-refractivity contribution in [1.29, 1.82) is 0 Å². The van der Waals surface area contributed by atoms with E-state index in [9.17, 15) is 4.79 Å². The summed E-state index contributed by atoms with van der Waals surface area (Å²) >= 11 is 5.97. The molecular formula is C11H14ClNO2. The minimum atomic E-state index is -1.02. The van der Waals surface area contributed by atoms with Crippen molar-refractivity contribution in [2.45, 2.75) is 26.3 Å². The summed E-state index contributed by atoms with van der Waals surface area (Å²) in [5.41, 5.74) is 0.607. The van der Waals surface area contributed by atoms with Crippen molar-refractivity contribution in [3.05, 3.63) is 28.8 Å². The van der Waals surface area contributed by atoms with Crippen molar-refractivity contribution >= 4 is 23.3 Å². The van der Waals surface area contributed by atoms with Crippen LogP contribution in [0, 0.1) is 0 Å². The lowest BCUT2D eigenvalue weighted by Crippen LogP contribution is -2.26. The van der Waals surface area contributed by atoms with Crippen molar-refractivity contribution in [3.63, 3.8) is 0 Å². The van der Waals surface area contributed by atoms with Crippen molar-refractivity contribution in [2.24, 2.45) is 0 Å². The number of hydrogen-bond acceptors (Lipinski definition) is 2. The number of carboxylic acids is 1. The van der Waals surface area contributed by atoms with Crippen LogP contribution in [0.25, 0.3) is 0 Å². The summed E-state index contributed by atoms with van der Waals surface area (Å²) in [7, 11) is 0. The molecule has 0 aliphatic carbocycles. The molecule has 2 N–H and O–H groups in total. The number of halogens is 1. The van der Waals surface area contributed by atoms with E-state index in [1.807, 2.05) is 20.8 Å². The molecule has 0 aromatic heterocycles. The van der Waals surface area contributed by atoms with Gasteiger partial charge in [0, 0.05) is 5.54 Å². The molecule has 0 amide bonds. The number of nitrogens with one attached hydrogen (secondary N) is 1. The molecule has 1 rings (SSSR count). The average Bonchev–Trinajstić information content (AvgIpc) is 2.05. The Balaban J connectivity index is 3.10. The third kappa shape index (κ3) is 3.13. The van der Waals surface area contributed by atoms with Gasteiger partial charge in [-0.05, 0) is 32.9 Å². The number of aromatic carboxylic acids is 1. The van der Waals surface area contributed by atoms with Crippen molar-refractivity contribution < 1.29 is 9.90 Å². The molecule has 0 atom stereocenters. The van der Waals surface area contributed by atoms with E-state index in [4.69, 9.17) is 16.7 Å². The molecule has 4 heteroatoms. The Labute approximate surface area is 94.1 Å². The minimum absolute atomic E-state index is 0.117. The lowest BCUT2D eigenvalue weighted by molar-refractivity contribution is 0.0697. The van der Waals surface area contributed by atoms with Gasteiger partial charge in [0.2, 0.25) is 0 Å². The quantitative estimate of drug-likeness (QED) is 0.816. The highest BCUT2D eigenvalue weighted by Gasteiger charge is 2.15. The third-order valence-electron chi connectivity index (χ3n) is 1.74. The second-order valence-corrected chi connectivity index (χ2v) is 4.73. The highest BCUT2D eigenvalue weighted by Crippen LogP contribution is 2.28. The standard InChI is InChI=1S/C11H14ClNO2/c1-11(2,3)13-8-6-4-5-7(9(8)12)10(14)15/h4-6,13H,1-3H3,(H,14,15). The van der Waals surface area contributed by atoms with Gasteiger partial charge in [-0.25, -0.2) is 4.79 Å². The molecule has 0 spiro atoms. The van der Waals surface area contributed by atoms with Crippen molar-refractivity contribution in [3.8, 4) is 0 Å². The largest absolute Gasteiger partial charge is 0.478 e. The predicted octanol–water partition coefficient (Wildman–Crippen LogP) is 3.25. The van der Waals surface area contributed by atoms with Gasteiger partial charge in [-0.1, -0.05) is 17.7 Å². The van der Waals surface area contributed by atoms with Gasteiger partial charge in [0.05, 0.1) is 16.3 Å². The summed E-state index contributed by atoms with van der Waals surface area (Å²) in [6.45, 7) is 5.95. The Kier molecular flexibility index (Phi) is 3.25. The van der Waals surface area contributed by atoms with Crippen LogP contribution in [0.4, 0.5) is 5.69 Å². The number of anilines is 1. The number of carboxylic acid groups (broad SMARTS) is 1. The molecule has 0 radical (unpaired) electrons. The SMILES string of the molecule is CC(C)(C)Nc1cccc(C(=O)O)c1Cl. The van der Waals surface area contributed by atoms with Crippen LogP contribution in [0.1, 0.15) is 31.1 Å². The van der Waals surface area contributed by atoms with Crippen LogP contribution in [0.5, 0.6) is 0 Å². The van der Waals surface area contributed by atoms with E-state index in [-0.39, 0.29) is 16.1 Å². The van der Waals surface area contributed by atoms with Gasteiger partial charge < -0.3 is 10.4 Å². The number of benzene rings is 1. The Hall–Kier alpha value is -1.22. The molecule has 82 valence electrons. The monoisotopic (exact) mass is 227 g/mol. The summed E-state index contributed by atoms with van der Waals surface area (Å²) in [5, 5.41) is 12.3. The van der Waals surface area contributed by atoms with E-state index in [1.54, 1.807) is 12.1 Å². The van der Waals surface area contributed by atoms with Crippen molar-refractivity contribution in [2.75, 3.05) is 5.32 Å². The molecule has 0 unspecified atom stereocenters. The topological polar surface area (TPSA) is 49.3 Å². The van der Waals surface area contributed by atoms with Gasteiger partial charge in [-0.3, -0.25) is 0 Å². The molecule has 0 saturated heterocycles. The Morgan fingerprint density at radius 3 is 2.47 bits per heavy atom. The Bertz CT molecular complexity index is 383. The first-order valence-electron chi connectivity index (χ1n) is 4.61. The zero-order valence-corrected chi connectivity index (χ0v) is 9.72. The first kappa shape index (κ1) is 11.9. The summed E-state index contributed by atoms with van der Waals surface area (Å²) in [4.78, 5) is 10.8.